The Morgan fingerprint density at radius 1 is 0.889 bits per heavy atom. The first-order chi connectivity index (χ1) is 8.58. The highest BCUT2D eigenvalue weighted by Gasteiger charge is 2.14. The lowest BCUT2D eigenvalue weighted by Crippen LogP contribution is -2.36. The molecule has 1 aromatic rings. The second-order valence-corrected chi connectivity index (χ2v) is 5.77. The Balaban J connectivity index is 2.32. The number of anilines is 1. The van der Waals surface area contributed by atoms with Gasteiger partial charge in [-0.05, 0) is 35.1 Å². The highest BCUT2D eigenvalue weighted by Crippen LogP contribution is 2.28. The van der Waals surface area contributed by atoms with Gasteiger partial charge >= 0.3 is 0 Å². The fraction of sp³-hybridized carbons (Fsp3) is 0.625. The second-order valence-electron chi connectivity index (χ2n) is 5.77. The van der Waals surface area contributed by atoms with E-state index in [0.29, 0.717) is 11.8 Å². The average Bonchev–Trinajstić information content (AvgIpc) is 2.39. The highest BCUT2D eigenvalue weighted by atomic mass is 16.5. The summed E-state index contributed by atoms with van der Waals surface area (Å²) >= 11 is 0. The van der Waals surface area contributed by atoms with Crippen molar-refractivity contribution in [1.82, 2.24) is 0 Å². The van der Waals surface area contributed by atoms with Gasteiger partial charge in [0, 0.05) is 18.8 Å². The smallest absolute Gasteiger partial charge is 0.0642 e. The first-order valence-corrected chi connectivity index (χ1v) is 7.05. The molecule has 0 aromatic heterocycles. The van der Waals surface area contributed by atoms with Gasteiger partial charge in [-0.3, -0.25) is 0 Å². The number of benzene rings is 1. The summed E-state index contributed by atoms with van der Waals surface area (Å²) in [7, 11) is 0. The zero-order valence-corrected chi connectivity index (χ0v) is 12.1. The molecule has 2 nitrogen and oxygen atoms in total. The Morgan fingerprint density at radius 3 is 1.83 bits per heavy atom. The molecule has 1 aliphatic heterocycles. The van der Waals surface area contributed by atoms with E-state index in [4.69, 9.17) is 4.74 Å². The van der Waals surface area contributed by atoms with Crippen LogP contribution in [0.1, 0.15) is 50.7 Å². The van der Waals surface area contributed by atoms with Crippen molar-refractivity contribution in [2.75, 3.05) is 31.2 Å². The van der Waals surface area contributed by atoms with Gasteiger partial charge in [0.15, 0.2) is 0 Å². The van der Waals surface area contributed by atoms with E-state index < -0.39 is 0 Å². The molecule has 1 heterocycles. The van der Waals surface area contributed by atoms with Gasteiger partial charge in [0.1, 0.15) is 0 Å². The summed E-state index contributed by atoms with van der Waals surface area (Å²) in [5.41, 5.74) is 4.26. The number of hydrogen-bond donors (Lipinski definition) is 0. The summed E-state index contributed by atoms with van der Waals surface area (Å²) in [4.78, 5) is 2.45. The average molecular weight is 247 g/mol. The molecule has 2 rings (SSSR count). The van der Waals surface area contributed by atoms with Crippen molar-refractivity contribution in [3.63, 3.8) is 0 Å². The van der Waals surface area contributed by atoms with E-state index in [1.807, 2.05) is 0 Å². The largest absolute Gasteiger partial charge is 0.378 e. The Kier molecular flexibility index (Phi) is 4.28. The third-order valence-electron chi connectivity index (χ3n) is 3.67. The zero-order valence-electron chi connectivity index (χ0n) is 12.1. The number of nitrogens with zero attached hydrogens (tertiary/aromatic N) is 1. The third kappa shape index (κ3) is 3.05. The molecule has 0 unspecified atom stereocenters. The Bertz CT molecular complexity index is 366. The van der Waals surface area contributed by atoms with Crippen molar-refractivity contribution in [2.24, 2.45) is 0 Å². The van der Waals surface area contributed by atoms with Crippen LogP contribution in [0.25, 0.3) is 0 Å². The Morgan fingerprint density at radius 2 is 1.39 bits per heavy atom. The van der Waals surface area contributed by atoms with E-state index in [1.54, 1.807) is 0 Å². The highest BCUT2D eigenvalue weighted by molar-refractivity contribution is 5.53. The molecular weight excluding hydrogens is 222 g/mol. The maximum absolute atomic E-state index is 5.43. The first-order valence-electron chi connectivity index (χ1n) is 7.05. The van der Waals surface area contributed by atoms with E-state index in [1.165, 1.54) is 16.8 Å². The van der Waals surface area contributed by atoms with Crippen LogP contribution in [-0.4, -0.2) is 26.3 Å². The summed E-state index contributed by atoms with van der Waals surface area (Å²) < 4.78 is 5.43. The Hall–Kier alpha value is -1.02. The van der Waals surface area contributed by atoms with Crippen molar-refractivity contribution in [3.8, 4) is 0 Å². The van der Waals surface area contributed by atoms with Crippen LogP contribution in [0.4, 0.5) is 5.69 Å². The van der Waals surface area contributed by atoms with Crippen LogP contribution in [0.3, 0.4) is 0 Å². The van der Waals surface area contributed by atoms with Gasteiger partial charge in [0.25, 0.3) is 0 Å². The molecule has 100 valence electrons. The van der Waals surface area contributed by atoms with Crippen LogP contribution in [-0.2, 0) is 4.74 Å². The summed E-state index contributed by atoms with van der Waals surface area (Å²) in [6.07, 6.45) is 0. The summed E-state index contributed by atoms with van der Waals surface area (Å²) in [6.45, 7) is 12.8. The van der Waals surface area contributed by atoms with Crippen LogP contribution < -0.4 is 4.90 Å². The van der Waals surface area contributed by atoms with E-state index in [-0.39, 0.29) is 0 Å². The predicted octanol–water partition coefficient (Wildman–Crippen LogP) is 3.77. The molecule has 0 radical (unpaired) electrons. The minimum atomic E-state index is 0.587. The molecular formula is C16H25NO. The van der Waals surface area contributed by atoms with Crippen molar-refractivity contribution >= 4 is 5.69 Å². The van der Waals surface area contributed by atoms with Crippen LogP contribution >= 0.6 is 0 Å². The number of ether oxygens (including phenoxy) is 1. The SMILES string of the molecule is CC(C)c1cc(C(C)C)cc(N2CCOCC2)c1. The normalized spacial score (nSPS) is 16.7. The molecule has 1 aromatic carbocycles. The van der Waals surface area contributed by atoms with Gasteiger partial charge in [-0.2, -0.15) is 0 Å². The lowest BCUT2D eigenvalue weighted by Gasteiger charge is -2.30. The topological polar surface area (TPSA) is 12.5 Å². The molecule has 2 heteroatoms. The number of morpholine rings is 1. The van der Waals surface area contributed by atoms with Crippen LogP contribution in [0, 0.1) is 0 Å². The van der Waals surface area contributed by atoms with Gasteiger partial charge in [0.05, 0.1) is 13.2 Å². The molecule has 1 fully saturated rings. The lowest BCUT2D eigenvalue weighted by molar-refractivity contribution is 0.122. The number of hydrogen-bond acceptors (Lipinski definition) is 2. The van der Waals surface area contributed by atoms with Crippen molar-refractivity contribution < 1.29 is 4.74 Å². The van der Waals surface area contributed by atoms with Crippen LogP contribution in [0.5, 0.6) is 0 Å². The standard InChI is InChI=1S/C16H25NO/c1-12(2)14-9-15(13(3)4)11-16(10-14)17-5-7-18-8-6-17/h9-13H,5-8H2,1-4H3. The summed E-state index contributed by atoms with van der Waals surface area (Å²) in [6, 6.07) is 7.06. The van der Waals surface area contributed by atoms with Gasteiger partial charge < -0.3 is 9.64 Å². The molecule has 0 N–H and O–H groups in total. The summed E-state index contributed by atoms with van der Waals surface area (Å²) in [5.74, 6) is 1.17. The maximum Gasteiger partial charge on any atom is 0.0642 e. The number of rotatable bonds is 3. The minimum Gasteiger partial charge on any atom is -0.378 e. The molecule has 18 heavy (non-hydrogen) atoms. The van der Waals surface area contributed by atoms with Crippen molar-refractivity contribution in [1.29, 1.82) is 0 Å². The predicted molar refractivity (Wildman–Crippen MR) is 77.7 cm³/mol. The van der Waals surface area contributed by atoms with Gasteiger partial charge in [-0.15, -0.1) is 0 Å². The fourth-order valence-corrected chi connectivity index (χ4v) is 2.33. The first kappa shape index (κ1) is 13.4. The molecule has 0 spiro atoms. The maximum atomic E-state index is 5.43. The summed E-state index contributed by atoms with van der Waals surface area (Å²) in [5, 5.41) is 0. The second kappa shape index (κ2) is 5.75. The van der Waals surface area contributed by atoms with Gasteiger partial charge in [-0.25, -0.2) is 0 Å². The monoisotopic (exact) mass is 247 g/mol. The lowest BCUT2D eigenvalue weighted by atomic mass is 9.94. The van der Waals surface area contributed by atoms with E-state index in [9.17, 15) is 0 Å². The molecule has 0 saturated carbocycles. The quantitative estimate of drug-likeness (QED) is 0.806. The van der Waals surface area contributed by atoms with Gasteiger partial charge in [-0.1, -0.05) is 33.8 Å². The fourth-order valence-electron chi connectivity index (χ4n) is 2.33. The third-order valence-corrected chi connectivity index (χ3v) is 3.67. The van der Waals surface area contributed by atoms with E-state index in [2.05, 4.69) is 50.8 Å². The Labute approximate surface area is 111 Å². The van der Waals surface area contributed by atoms with Crippen LogP contribution in [0.2, 0.25) is 0 Å². The van der Waals surface area contributed by atoms with Gasteiger partial charge in [0.2, 0.25) is 0 Å². The van der Waals surface area contributed by atoms with E-state index >= 15 is 0 Å². The van der Waals surface area contributed by atoms with Crippen molar-refractivity contribution in [3.05, 3.63) is 29.3 Å². The molecule has 1 aliphatic rings. The minimum absolute atomic E-state index is 0.587. The van der Waals surface area contributed by atoms with Crippen LogP contribution in [0.15, 0.2) is 18.2 Å². The zero-order chi connectivity index (χ0) is 13.1. The molecule has 0 atom stereocenters. The molecule has 0 amide bonds. The molecule has 0 aliphatic carbocycles. The molecule has 1 saturated heterocycles. The molecule has 0 bridgehead atoms. The van der Waals surface area contributed by atoms with E-state index in [0.717, 1.165) is 26.3 Å². The van der Waals surface area contributed by atoms with Crippen molar-refractivity contribution in [2.45, 2.75) is 39.5 Å².